The highest BCUT2D eigenvalue weighted by molar-refractivity contribution is 5.77. The summed E-state index contributed by atoms with van der Waals surface area (Å²) in [5.74, 6) is 1.55. The molecule has 8 atom stereocenters. The first-order valence-electron chi connectivity index (χ1n) is 10.4. The van der Waals surface area contributed by atoms with Gasteiger partial charge in [-0.1, -0.05) is 13.8 Å². The van der Waals surface area contributed by atoms with Crippen LogP contribution in [0, 0.1) is 23.7 Å². The van der Waals surface area contributed by atoms with Gasteiger partial charge in [-0.2, -0.15) is 0 Å². The monoisotopic (exact) mass is 477 g/mol. The smallest absolute Gasteiger partial charge is 0.315 e. The summed E-state index contributed by atoms with van der Waals surface area (Å²) < 4.78 is 13.4. The number of esters is 1. The minimum atomic E-state index is -0.331. The van der Waals surface area contributed by atoms with Crippen molar-refractivity contribution in [2.75, 3.05) is 20.6 Å². The normalized spacial score (nSPS) is 47.8. The van der Waals surface area contributed by atoms with Crippen molar-refractivity contribution in [1.29, 1.82) is 0 Å². The second-order valence-electron chi connectivity index (χ2n) is 10.2. The molecule has 0 radical (unpaired) electrons. The Morgan fingerprint density at radius 3 is 2.58 bits per heavy atom. The first-order valence-corrected chi connectivity index (χ1v) is 10.4. The number of carbonyl (C=O) groups is 1. The van der Waals surface area contributed by atoms with Crippen LogP contribution in [0.5, 0.6) is 0 Å². The Morgan fingerprint density at radius 2 is 1.92 bits per heavy atom. The lowest BCUT2D eigenvalue weighted by molar-refractivity contribution is -0.915. The minimum absolute atomic E-state index is 0. The van der Waals surface area contributed by atoms with Gasteiger partial charge in [0.1, 0.15) is 17.6 Å². The molecule has 4 fully saturated rings. The maximum atomic E-state index is 13.1. The number of quaternary nitrogens is 1. The molecule has 2 saturated carbocycles. The molecule has 2 aliphatic heterocycles. The summed E-state index contributed by atoms with van der Waals surface area (Å²) in [4.78, 5) is 13.1. The number of fused-ring (bicyclic) bond motifs is 1. The number of halogens is 1. The summed E-state index contributed by atoms with van der Waals surface area (Å²) in [6, 6.07) is 0.552. The Morgan fingerprint density at radius 1 is 1.23 bits per heavy atom. The number of carbonyl (C=O) groups excluding carboxylic acids is 1. The highest BCUT2D eigenvalue weighted by atomic mass is 127. The third-order valence-corrected chi connectivity index (χ3v) is 8.54. The van der Waals surface area contributed by atoms with Crippen molar-refractivity contribution >= 4 is 5.97 Å². The van der Waals surface area contributed by atoms with Gasteiger partial charge in [0.05, 0.1) is 32.3 Å². The number of nitrogens with zero attached hydrogens (tertiary/aromatic N) is 1. The summed E-state index contributed by atoms with van der Waals surface area (Å²) in [6.45, 7) is 10.0. The van der Waals surface area contributed by atoms with Crippen LogP contribution in [0.4, 0.5) is 0 Å². The molecule has 2 heterocycles. The van der Waals surface area contributed by atoms with Crippen LogP contribution in [-0.2, 0) is 14.3 Å². The van der Waals surface area contributed by atoms with Crippen molar-refractivity contribution < 1.29 is 42.7 Å². The van der Waals surface area contributed by atoms with Crippen molar-refractivity contribution in [2.24, 2.45) is 23.7 Å². The largest absolute Gasteiger partial charge is 1.00 e. The fraction of sp³-hybridized carbons (Fsp3) is 0.952. The number of ether oxygens (including phenoxy) is 2. The lowest BCUT2D eigenvalue weighted by Gasteiger charge is -2.50. The molecule has 4 rings (SSSR count). The fourth-order valence-electron chi connectivity index (χ4n) is 6.44. The predicted molar refractivity (Wildman–Crippen MR) is 96.9 cm³/mol. The van der Waals surface area contributed by atoms with Crippen molar-refractivity contribution in [3.05, 3.63) is 0 Å². The minimum Gasteiger partial charge on any atom is -1.00 e. The topological polar surface area (TPSA) is 38.8 Å². The third-order valence-electron chi connectivity index (χ3n) is 8.54. The molecule has 2 saturated heterocycles. The van der Waals surface area contributed by atoms with Gasteiger partial charge in [0.15, 0.2) is 0 Å². The average Bonchev–Trinajstić information content (AvgIpc) is 3.18. The molecule has 4 nitrogen and oxygen atoms in total. The Bertz CT molecular complexity index is 582. The molecule has 0 aromatic rings. The zero-order valence-electron chi connectivity index (χ0n) is 17.3. The van der Waals surface area contributed by atoms with Crippen LogP contribution in [0.2, 0.25) is 0 Å². The van der Waals surface area contributed by atoms with Gasteiger partial charge < -0.3 is 37.9 Å². The second-order valence-corrected chi connectivity index (χ2v) is 10.2. The summed E-state index contributed by atoms with van der Waals surface area (Å²) in [6.07, 6.45) is 5.88. The maximum absolute atomic E-state index is 13.1. The van der Waals surface area contributed by atoms with Gasteiger partial charge >= 0.3 is 5.97 Å². The third kappa shape index (κ3) is 2.78. The van der Waals surface area contributed by atoms with E-state index in [4.69, 9.17) is 9.47 Å². The molecule has 2 aliphatic carbocycles. The molecule has 4 aliphatic rings. The van der Waals surface area contributed by atoms with Gasteiger partial charge in [0.2, 0.25) is 0 Å². The van der Waals surface area contributed by atoms with Crippen LogP contribution in [0.3, 0.4) is 0 Å². The summed E-state index contributed by atoms with van der Waals surface area (Å²) in [5, 5.41) is 0. The van der Waals surface area contributed by atoms with Gasteiger partial charge in [0, 0.05) is 11.8 Å². The van der Waals surface area contributed by atoms with Crippen molar-refractivity contribution in [1.82, 2.24) is 0 Å². The molecule has 0 N–H and O–H groups in total. The van der Waals surface area contributed by atoms with Gasteiger partial charge in [-0.3, -0.25) is 4.79 Å². The lowest BCUT2D eigenvalue weighted by atomic mass is 9.55. The SMILES string of the molecule is CCC(C)[N+](C)(C)CC1C(=O)O[C@@]23C1CC[C@H](C)C2CC[C@@]1(C)O[C@@H]31.[I-]. The van der Waals surface area contributed by atoms with E-state index in [9.17, 15) is 4.79 Å². The zero-order valence-corrected chi connectivity index (χ0v) is 19.4. The Hall–Kier alpha value is 0.120. The van der Waals surface area contributed by atoms with Crippen molar-refractivity contribution in [3.8, 4) is 0 Å². The summed E-state index contributed by atoms with van der Waals surface area (Å²) in [5.41, 5.74) is -0.371. The Balaban J connectivity index is 0.00000196. The molecule has 26 heavy (non-hydrogen) atoms. The highest BCUT2D eigenvalue weighted by Gasteiger charge is 2.77. The standard InChI is InChI=1S/C21H36NO3.HI/c1-7-14(3)22(5,6)12-15-17-9-8-13(2)16-10-11-20(4)19(25-20)21(16,17)24-18(15)23;/h13-17,19H,7-12H2,1-6H3;1H/q+1;/p-1/t13-,14?,15?,16?,17?,19+,20+,21+;/m0./s1. The molecule has 150 valence electrons. The van der Waals surface area contributed by atoms with E-state index in [1.807, 2.05) is 0 Å². The van der Waals surface area contributed by atoms with Crippen LogP contribution < -0.4 is 24.0 Å². The van der Waals surface area contributed by atoms with E-state index in [1.165, 1.54) is 6.42 Å². The molecule has 0 amide bonds. The van der Waals surface area contributed by atoms with Crippen molar-refractivity contribution in [3.63, 3.8) is 0 Å². The molecule has 0 aromatic heterocycles. The predicted octanol–water partition coefficient (Wildman–Crippen LogP) is 0.391. The first kappa shape index (κ1) is 20.8. The molecule has 4 unspecified atom stereocenters. The summed E-state index contributed by atoms with van der Waals surface area (Å²) >= 11 is 0. The Kier molecular flexibility index (Phi) is 5.28. The van der Waals surface area contributed by atoms with E-state index in [2.05, 4.69) is 41.8 Å². The molecule has 1 spiro atoms. The first-order chi connectivity index (χ1) is 11.7. The van der Waals surface area contributed by atoms with Gasteiger partial charge in [-0.25, -0.2) is 0 Å². The molecule has 0 bridgehead atoms. The van der Waals surface area contributed by atoms with Crippen LogP contribution in [0.1, 0.15) is 59.8 Å². The van der Waals surface area contributed by atoms with E-state index < -0.39 is 0 Å². The number of hydrogen-bond acceptors (Lipinski definition) is 3. The van der Waals surface area contributed by atoms with Crippen LogP contribution in [0.25, 0.3) is 0 Å². The van der Waals surface area contributed by atoms with Gasteiger partial charge in [0.25, 0.3) is 0 Å². The van der Waals surface area contributed by atoms with E-state index in [1.54, 1.807) is 0 Å². The van der Waals surface area contributed by atoms with Crippen molar-refractivity contribution in [2.45, 2.75) is 83.1 Å². The summed E-state index contributed by atoms with van der Waals surface area (Å²) in [7, 11) is 4.54. The van der Waals surface area contributed by atoms with Gasteiger partial charge in [-0.05, 0) is 51.9 Å². The molecule has 5 heteroatoms. The van der Waals surface area contributed by atoms with E-state index in [0.717, 1.165) is 36.7 Å². The second kappa shape index (κ2) is 6.58. The zero-order chi connectivity index (χ0) is 18.2. The van der Waals surface area contributed by atoms with Crippen LogP contribution in [-0.4, -0.2) is 54.4 Å². The number of rotatable bonds is 4. The number of hydrogen-bond donors (Lipinski definition) is 0. The van der Waals surface area contributed by atoms with E-state index >= 15 is 0 Å². The maximum Gasteiger partial charge on any atom is 0.315 e. The van der Waals surface area contributed by atoms with Gasteiger partial charge in [-0.15, -0.1) is 0 Å². The molecule has 0 aromatic carbocycles. The molecular weight excluding hydrogens is 441 g/mol. The highest BCUT2D eigenvalue weighted by Crippen LogP contribution is 2.66. The Labute approximate surface area is 176 Å². The van der Waals surface area contributed by atoms with E-state index in [0.29, 0.717) is 23.8 Å². The average molecular weight is 477 g/mol. The fourth-order valence-corrected chi connectivity index (χ4v) is 6.44. The number of epoxide rings is 1. The molecular formula is C21H36INO3. The van der Waals surface area contributed by atoms with E-state index in [-0.39, 0.29) is 53.2 Å². The quantitative estimate of drug-likeness (QED) is 0.255. The van der Waals surface area contributed by atoms with Crippen LogP contribution >= 0.6 is 0 Å². The lowest BCUT2D eigenvalue weighted by Crippen LogP contribution is -3.00. The van der Waals surface area contributed by atoms with Crippen LogP contribution in [0.15, 0.2) is 0 Å².